The quantitative estimate of drug-likeness (QED) is 0.172. The Morgan fingerprint density at radius 1 is 0.113 bits per heavy atom. The van der Waals surface area contributed by atoms with Crippen LogP contribution < -0.4 is 0 Å². The molecule has 0 fully saturated rings. The largest absolute Gasteiger partial charge is 2.00 e. The smallest absolute Gasteiger partial charge is 0.668 e. The summed E-state index contributed by atoms with van der Waals surface area (Å²) in [5.74, 6) is 0. The van der Waals surface area contributed by atoms with Crippen LogP contribution in [0.25, 0.3) is 0 Å². The standard InChI is InChI=1S/H4O4Si.36O.12W/c1-5(2,3)4;;;;;;;;;;;;;;;;;;;;;;;;;;;;;;;;;;;;;;;;;;;;;;;;/h1-4H;;;;;;;;;;;;;;;;;;;;;;;;;;;;;;;;;;;;;;;;;;;;;;;;/q;36*-2;;;;;;;;;;;;. The van der Waals surface area contributed by atoms with Crippen LogP contribution in [0.5, 0.6) is 0 Å². The summed E-state index contributed by atoms with van der Waals surface area (Å²) in [5.41, 5.74) is 0. The summed E-state index contributed by atoms with van der Waals surface area (Å²) in [6.07, 6.45) is 0. The molecule has 40 nitrogen and oxygen atoms in total. The molecule has 0 aromatic heterocycles. The van der Waals surface area contributed by atoms with E-state index in [1.807, 2.05) is 0 Å². The molecule has 0 saturated carbocycles. The van der Waals surface area contributed by atoms with E-state index in [1.54, 1.807) is 0 Å². The van der Waals surface area contributed by atoms with Crippen molar-refractivity contribution >= 4 is 9.05 Å². The van der Waals surface area contributed by atoms with Gasteiger partial charge in [0.25, 0.3) is 0 Å². The summed E-state index contributed by atoms with van der Waals surface area (Å²) < 4.78 is 0. The van der Waals surface area contributed by atoms with Gasteiger partial charge in [0.05, 0.1) is 0 Å². The average molecular weight is 2880 g/mol. The molecule has 0 unspecified atom stereocenters. The van der Waals surface area contributed by atoms with Gasteiger partial charge >= 0.3 is 9.05 Å². The van der Waals surface area contributed by atoms with E-state index in [2.05, 4.69) is 0 Å². The van der Waals surface area contributed by atoms with Crippen molar-refractivity contribution in [3.05, 3.63) is 0 Å². The van der Waals surface area contributed by atoms with E-state index in [0.717, 1.165) is 0 Å². The van der Waals surface area contributed by atoms with Crippen LogP contribution in [0.1, 0.15) is 0 Å². The van der Waals surface area contributed by atoms with Crippen molar-refractivity contribution in [2.75, 3.05) is 0 Å². The Morgan fingerprint density at radius 3 is 0.113 bits per heavy atom. The molecule has 4 N–H and O–H groups in total. The molecule has 53 heteroatoms. The molecule has 0 saturated heterocycles. The van der Waals surface area contributed by atoms with Gasteiger partial charge in [0.15, 0.2) is 0 Å². The molecule has 392 valence electrons. The molecule has 0 aliphatic heterocycles. The van der Waals surface area contributed by atoms with Crippen molar-refractivity contribution in [1.82, 2.24) is 0 Å². The fourth-order valence-corrected chi connectivity index (χ4v) is 0. The second-order valence-corrected chi connectivity index (χ2v) is 1.80. The maximum Gasteiger partial charge on any atom is 0.668 e. The van der Waals surface area contributed by atoms with Gasteiger partial charge in [-0.2, -0.15) is 0 Å². The molecule has 0 spiro atoms. The Hall–Kier alpha value is 6.88. The average Bonchev–Trinajstić information content (AvgIpc) is 0.722. The minimum Gasteiger partial charge on any atom is -2.00 e. The second kappa shape index (κ2) is 1190. The Balaban J connectivity index is -0.0000000000709. The van der Waals surface area contributed by atoms with Crippen LogP contribution in [0.15, 0.2) is 0 Å². The predicted molar refractivity (Wildman–Crippen MR) is 39.3 cm³/mol. The first-order chi connectivity index (χ1) is 2.00. The molecular weight excluding hydrogens is 2870 g/mol. The zero-order valence-corrected chi connectivity index (χ0v) is 58.1. The fraction of sp³-hybridized carbons (Fsp3) is 0. The molecule has 0 aliphatic rings. The fourth-order valence-electron chi connectivity index (χ4n) is 0. The molecule has 53 heavy (non-hydrogen) atoms. The summed E-state index contributed by atoms with van der Waals surface area (Å²) >= 11 is 0. The Bertz CT molecular complexity index is 63.2. The van der Waals surface area contributed by atoms with Crippen LogP contribution in [-0.2, 0) is 450 Å². The third-order valence-corrected chi connectivity index (χ3v) is 0. The van der Waals surface area contributed by atoms with E-state index in [-0.39, 0.29) is 450 Å². The molecule has 0 atom stereocenters. The van der Waals surface area contributed by atoms with Gasteiger partial charge in [0, 0.05) is 253 Å². The third kappa shape index (κ3) is 4030. The van der Waals surface area contributed by atoms with Crippen molar-refractivity contribution in [1.29, 1.82) is 0 Å². The normalized spacial score (nSPS) is 1.13. The van der Waals surface area contributed by atoms with Gasteiger partial charge in [-0.05, 0) is 0 Å². The van der Waals surface area contributed by atoms with E-state index in [1.165, 1.54) is 0 Å². The first-order valence-corrected chi connectivity index (χ1v) is 2.68. The number of hydrogen-bond donors (Lipinski definition) is 4. The van der Waals surface area contributed by atoms with E-state index in [4.69, 9.17) is 19.2 Å². The van der Waals surface area contributed by atoms with Crippen LogP contribution >= 0.6 is 0 Å². The first-order valence-electron chi connectivity index (χ1n) is 0.894. The number of hydrogen-bond acceptors (Lipinski definition) is 4. The predicted octanol–water partition coefficient (Wildman–Crippen LogP) is -6.92. The summed E-state index contributed by atoms with van der Waals surface area (Å²) in [6.45, 7) is 0. The summed E-state index contributed by atoms with van der Waals surface area (Å²) in [6, 6.07) is 0. The van der Waals surface area contributed by atoms with Crippen molar-refractivity contribution < 1.29 is 469 Å². The van der Waals surface area contributed by atoms with Gasteiger partial charge in [-0.1, -0.05) is 0 Å². The molecule has 0 rings (SSSR count). The summed E-state index contributed by atoms with van der Waals surface area (Å²) in [5, 5.41) is 0. The van der Waals surface area contributed by atoms with E-state index >= 15 is 0 Å². The molecule has 0 radical (unpaired) electrons. The van der Waals surface area contributed by atoms with Crippen LogP contribution in [0.4, 0.5) is 0 Å². The Kier molecular flexibility index (Phi) is 39400. The number of rotatable bonds is 0. The first kappa shape index (κ1) is 1750. The molecule has 0 aromatic rings. The van der Waals surface area contributed by atoms with Crippen molar-refractivity contribution in [3.8, 4) is 0 Å². The van der Waals surface area contributed by atoms with Gasteiger partial charge in [0.1, 0.15) is 0 Å². The summed E-state index contributed by atoms with van der Waals surface area (Å²) in [7, 11) is -4.61. The molecule has 0 heterocycles. The van der Waals surface area contributed by atoms with E-state index in [0.29, 0.717) is 0 Å². The van der Waals surface area contributed by atoms with Gasteiger partial charge in [0.2, 0.25) is 0 Å². The molecule has 0 amide bonds. The minimum absolute atomic E-state index is 0. The van der Waals surface area contributed by atoms with Crippen LogP contribution in [-0.4, -0.2) is 28.2 Å². The topological polar surface area (TPSA) is 1110 Å². The second-order valence-electron chi connectivity index (χ2n) is 0.600. The Labute approximate surface area is 471 Å². The monoisotopic (exact) mass is 2880 g/mol. The van der Waals surface area contributed by atoms with E-state index < -0.39 is 9.05 Å². The van der Waals surface area contributed by atoms with Crippen molar-refractivity contribution in [2.24, 2.45) is 0 Å². The zero-order chi connectivity index (χ0) is 4.50. The van der Waals surface area contributed by atoms with Gasteiger partial charge in [-0.25, -0.2) is 0 Å². The maximum atomic E-state index is 7.33. The molecule has 0 bridgehead atoms. The maximum absolute atomic E-state index is 7.33. The Morgan fingerprint density at radius 2 is 0.113 bits per heavy atom. The molecular formula is H4O40SiW12-72. The SMILES string of the molecule is O[Si](O)(O)O.[O-2].[O-2].[O-2].[O-2].[O-2].[O-2].[O-2].[O-2].[O-2].[O-2].[O-2].[O-2].[O-2].[O-2].[O-2].[O-2].[O-2].[O-2].[O-2].[O-2].[O-2].[O-2].[O-2].[O-2].[O-2].[O-2].[O-2].[O-2].[O-2].[O-2].[O-2].[O-2].[O-2].[O-2].[O-2].[O-2].[W].[W].[W].[W].[W].[W].[W].[W].[W].[W].[W].[W]. The van der Waals surface area contributed by atoms with Crippen LogP contribution in [0.3, 0.4) is 0 Å². The third-order valence-electron chi connectivity index (χ3n) is 0. The van der Waals surface area contributed by atoms with Gasteiger partial charge < -0.3 is 216 Å². The molecule has 0 aliphatic carbocycles. The molecule has 0 aromatic carbocycles. The van der Waals surface area contributed by atoms with E-state index in [9.17, 15) is 0 Å². The minimum atomic E-state index is -4.61. The summed E-state index contributed by atoms with van der Waals surface area (Å²) in [4.78, 5) is 29.3. The van der Waals surface area contributed by atoms with Gasteiger partial charge in [-0.15, -0.1) is 0 Å². The van der Waals surface area contributed by atoms with Gasteiger partial charge in [-0.3, -0.25) is 0 Å². The zero-order valence-electron chi connectivity index (χ0n) is 21.9. The van der Waals surface area contributed by atoms with Crippen LogP contribution in [0.2, 0.25) is 0 Å². The van der Waals surface area contributed by atoms with Crippen molar-refractivity contribution in [3.63, 3.8) is 0 Å². The van der Waals surface area contributed by atoms with Crippen LogP contribution in [0, 0.1) is 0 Å². The van der Waals surface area contributed by atoms with Crippen molar-refractivity contribution in [2.45, 2.75) is 0 Å².